The third-order valence-electron chi connectivity index (χ3n) is 3.21. The summed E-state index contributed by atoms with van der Waals surface area (Å²) in [7, 11) is 0. The van der Waals surface area contributed by atoms with Gasteiger partial charge in [-0.15, -0.1) is 0 Å². The van der Waals surface area contributed by atoms with Crippen LogP contribution in [0.25, 0.3) is 0 Å². The number of aromatic nitrogens is 1. The Hall–Kier alpha value is -1.86. The van der Waals surface area contributed by atoms with E-state index in [-0.39, 0.29) is 24.2 Å². The second kappa shape index (κ2) is 8.12. The van der Waals surface area contributed by atoms with Crippen LogP contribution in [0, 0.1) is 0 Å². The van der Waals surface area contributed by atoms with E-state index in [0.717, 1.165) is 10.0 Å². The average molecular weight is 384 g/mol. The molecule has 0 spiro atoms. The van der Waals surface area contributed by atoms with Gasteiger partial charge in [-0.1, -0.05) is 28.1 Å². The van der Waals surface area contributed by atoms with Crippen molar-refractivity contribution in [3.05, 3.63) is 58.3 Å². The number of benzene rings is 1. The van der Waals surface area contributed by atoms with Crippen LogP contribution in [0.1, 0.15) is 30.6 Å². The second-order valence-electron chi connectivity index (χ2n) is 4.98. The first-order chi connectivity index (χ1) is 11.0. The highest BCUT2D eigenvalue weighted by Crippen LogP contribution is 2.18. The predicted octanol–water partition coefficient (Wildman–Crippen LogP) is 4.07. The third kappa shape index (κ3) is 5.37. The van der Waals surface area contributed by atoms with Crippen LogP contribution in [0.4, 0.5) is 14.5 Å². The number of anilines is 1. The van der Waals surface area contributed by atoms with E-state index in [1.165, 1.54) is 12.3 Å². The maximum Gasteiger partial charge on any atom is 0.280 e. The number of carbonyl (C=O) groups is 1. The number of alkyl halides is 2. The van der Waals surface area contributed by atoms with Crippen LogP contribution in [-0.4, -0.2) is 17.4 Å². The topological polar surface area (TPSA) is 54.0 Å². The lowest BCUT2D eigenvalue weighted by atomic mass is 10.1. The first kappa shape index (κ1) is 17.5. The Labute approximate surface area is 141 Å². The van der Waals surface area contributed by atoms with Crippen LogP contribution in [0.2, 0.25) is 0 Å². The number of carbonyl (C=O) groups excluding carboxylic acids is 1. The minimum absolute atomic E-state index is 0.101. The minimum Gasteiger partial charge on any atom is -0.325 e. The van der Waals surface area contributed by atoms with Crippen LogP contribution in [0.5, 0.6) is 0 Å². The van der Waals surface area contributed by atoms with E-state index in [1.807, 2.05) is 19.1 Å². The van der Waals surface area contributed by atoms with Crippen molar-refractivity contribution in [3.8, 4) is 0 Å². The summed E-state index contributed by atoms with van der Waals surface area (Å²) in [5.74, 6) is -0.188. The predicted molar refractivity (Wildman–Crippen MR) is 88.4 cm³/mol. The molecule has 1 heterocycles. The van der Waals surface area contributed by atoms with Gasteiger partial charge in [0.2, 0.25) is 5.91 Å². The molecular formula is C16H16BrF2N3O. The summed E-state index contributed by atoms with van der Waals surface area (Å²) in [6.45, 7) is 1.94. The molecule has 0 aliphatic heterocycles. The van der Waals surface area contributed by atoms with Crippen LogP contribution in [0.15, 0.2) is 47.1 Å². The van der Waals surface area contributed by atoms with E-state index in [4.69, 9.17) is 0 Å². The maximum absolute atomic E-state index is 12.5. The molecule has 122 valence electrons. The molecule has 0 bridgehead atoms. The summed E-state index contributed by atoms with van der Waals surface area (Å²) < 4.78 is 25.8. The fourth-order valence-electron chi connectivity index (χ4n) is 1.94. The Morgan fingerprint density at radius 2 is 2.09 bits per heavy atom. The zero-order valence-corrected chi connectivity index (χ0v) is 14.0. The monoisotopic (exact) mass is 383 g/mol. The number of rotatable bonds is 6. The maximum atomic E-state index is 12.5. The van der Waals surface area contributed by atoms with Crippen LogP contribution in [-0.2, 0) is 4.79 Å². The van der Waals surface area contributed by atoms with E-state index in [1.54, 1.807) is 18.2 Å². The second-order valence-corrected chi connectivity index (χ2v) is 5.89. The molecule has 0 aliphatic carbocycles. The van der Waals surface area contributed by atoms with Crippen LogP contribution in [0.3, 0.4) is 0 Å². The van der Waals surface area contributed by atoms with E-state index >= 15 is 0 Å². The molecule has 1 aromatic heterocycles. The molecule has 0 aliphatic rings. The van der Waals surface area contributed by atoms with E-state index in [9.17, 15) is 13.6 Å². The molecule has 0 fully saturated rings. The van der Waals surface area contributed by atoms with Crippen molar-refractivity contribution in [1.82, 2.24) is 10.3 Å². The lowest BCUT2D eigenvalue weighted by Gasteiger charge is -2.14. The zero-order valence-electron chi connectivity index (χ0n) is 12.4. The number of amides is 1. The third-order valence-corrected chi connectivity index (χ3v) is 3.70. The molecule has 1 amide bonds. The standard InChI is InChI=1S/C16H16BrF2N3O/c1-10(11-5-6-14(16(18)19)21-8-11)20-9-15(23)22-13-4-2-3-12(17)7-13/h2-8,10,16,20H,9H2,1H3,(H,22,23)/t10-/m0/s1. The van der Waals surface area contributed by atoms with Crippen LogP contribution < -0.4 is 10.6 Å². The Kier molecular flexibility index (Phi) is 6.18. The summed E-state index contributed by atoms with van der Waals surface area (Å²) in [6, 6.07) is 9.98. The zero-order chi connectivity index (χ0) is 16.8. The molecule has 1 atom stereocenters. The lowest BCUT2D eigenvalue weighted by molar-refractivity contribution is -0.115. The quantitative estimate of drug-likeness (QED) is 0.790. The van der Waals surface area contributed by atoms with Crippen molar-refractivity contribution in [1.29, 1.82) is 0 Å². The average Bonchev–Trinajstić information content (AvgIpc) is 2.52. The van der Waals surface area contributed by atoms with Gasteiger partial charge < -0.3 is 10.6 Å². The summed E-state index contributed by atoms with van der Waals surface area (Å²) in [4.78, 5) is 15.6. The molecule has 2 rings (SSSR count). The number of halogens is 3. The van der Waals surface area contributed by atoms with Gasteiger partial charge in [-0.3, -0.25) is 9.78 Å². The van der Waals surface area contributed by atoms with Crippen molar-refractivity contribution in [3.63, 3.8) is 0 Å². The number of hydrogen-bond acceptors (Lipinski definition) is 3. The Bertz CT molecular complexity index is 665. The summed E-state index contributed by atoms with van der Waals surface area (Å²) >= 11 is 3.33. The molecule has 0 saturated heterocycles. The van der Waals surface area contributed by atoms with Gasteiger partial charge in [0, 0.05) is 22.4 Å². The number of pyridine rings is 1. The molecule has 1 aromatic carbocycles. The van der Waals surface area contributed by atoms with Crippen molar-refractivity contribution in [2.75, 3.05) is 11.9 Å². The van der Waals surface area contributed by atoms with Crippen molar-refractivity contribution < 1.29 is 13.6 Å². The fourth-order valence-corrected chi connectivity index (χ4v) is 2.34. The van der Waals surface area contributed by atoms with Gasteiger partial charge in [-0.25, -0.2) is 8.78 Å². The highest BCUT2D eigenvalue weighted by molar-refractivity contribution is 9.10. The molecule has 2 aromatic rings. The van der Waals surface area contributed by atoms with Gasteiger partial charge in [0.05, 0.1) is 6.54 Å². The van der Waals surface area contributed by atoms with Gasteiger partial charge in [0.15, 0.2) is 0 Å². The molecule has 23 heavy (non-hydrogen) atoms. The molecule has 0 saturated carbocycles. The van der Waals surface area contributed by atoms with Gasteiger partial charge in [-0.2, -0.15) is 0 Å². The molecule has 0 unspecified atom stereocenters. The number of nitrogens with one attached hydrogen (secondary N) is 2. The molecule has 4 nitrogen and oxygen atoms in total. The van der Waals surface area contributed by atoms with Crippen molar-refractivity contribution in [2.45, 2.75) is 19.4 Å². The van der Waals surface area contributed by atoms with E-state index < -0.39 is 6.43 Å². The normalized spacial score (nSPS) is 12.2. The molecule has 0 radical (unpaired) electrons. The number of hydrogen-bond donors (Lipinski definition) is 2. The fraction of sp³-hybridized carbons (Fsp3) is 0.250. The summed E-state index contributed by atoms with van der Waals surface area (Å²) in [5, 5.41) is 5.80. The minimum atomic E-state index is -2.58. The van der Waals surface area contributed by atoms with E-state index in [0.29, 0.717) is 5.69 Å². The largest absolute Gasteiger partial charge is 0.325 e. The van der Waals surface area contributed by atoms with Gasteiger partial charge >= 0.3 is 0 Å². The molecule has 7 heteroatoms. The Morgan fingerprint density at radius 1 is 1.30 bits per heavy atom. The highest BCUT2D eigenvalue weighted by atomic mass is 79.9. The van der Waals surface area contributed by atoms with Crippen molar-refractivity contribution >= 4 is 27.5 Å². The first-order valence-corrected chi connectivity index (χ1v) is 7.78. The molecular weight excluding hydrogens is 368 g/mol. The SMILES string of the molecule is C[C@H](NCC(=O)Nc1cccc(Br)c1)c1ccc(C(F)F)nc1. The first-order valence-electron chi connectivity index (χ1n) is 6.98. The van der Waals surface area contributed by atoms with Gasteiger partial charge in [0.1, 0.15) is 5.69 Å². The van der Waals surface area contributed by atoms with Gasteiger partial charge in [-0.05, 0) is 36.8 Å². The Morgan fingerprint density at radius 3 is 2.70 bits per heavy atom. The lowest BCUT2D eigenvalue weighted by Crippen LogP contribution is -2.30. The Balaban J connectivity index is 1.85. The highest BCUT2D eigenvalue weighted by Gasteiger charge is 2.11. The van der Waals surface area contributed by atoms with Crippen molar-refractivity contribution in [2.24, 2.45) is 0 Å². The molecule has 2 N–H and O–H groups in total. The smallest absolute Gasteiger partial charge is 0.280 e. The van der Waals surface area contributed by atoms with Crippen LogP contribution >= 0.6 is 15.9 Å². The number of nitrogens with zero attached hydrogens (tertiary/aromatic N) is 1. The van der Waals surface area contributed by atoms with Gasteiger partial charge in [0.25, 0.3) is 6.43 Å². The summed E-state index contributed by atoms with van der Waals surface area (Å²) in [5.41, 5.74) is 1.18. The summed E-state index contributed by atoms with van der Waals surface area (Å²) in [6.07, 6.45) is -1.19. The van der Waals surface area contributed by atoms with E-state index in [2.05, 4.69) is 31.5 Å².